The molecule has 1 aliphatic heterocycles. The van der Waals surface area contributed by atoms with E-state index in [0.29, 0.717) is 13.2 Å². The summed E-state index contributed by atoms with van der Waals surface area (Å²) >= 11 is 0. The number of nitrogens with two attached hydrogens (primary N) is 1. The highest BCUT2D eigenvalue weighted by Gasteiger charge is 2.30. The molecular weight excluding hydrogens is 216 g/mol. The number of anilines is 1. The number of nitrogens with zero attached hydrogens (tertiary/aromatic N) is 1. The number of amides is 1. The molecule has 0 aliphatic carbocycles. The number of cyclic esters (lactones) is 1. The second-order valence-electron chi connectivity index (χ2n) is 4.38. The molecule has 17 heavy (non-hydrogen) atoms. The van der Waals surface area contributed by atoms with E-state index < -0.39 is 0 Å². The van der Waals surface area contributed by atoms with E-state index in [1.165, 1.54) is 0 Å². The predicted molar refractivity (Wildman–Crippen MR) is 67.2 cm³/mol. The van der Waals surface area contributed by atoms with Gasteiger partial charge in [-0.3, -0.25) is 4.90 Å². The van der Waals surface area contributed by atoms with Crippen LogP contribution in [0.1, 0.15) is 17.5 Å². The lowest BCUT2D eigenvalue weighted by Gasteiger charge is -2.35. The molecule has 1 amide bonds. The molecule has 1 atom stereocenters. The van der Waals surface area contributed by atoms with Crippen LogP contribution in [0, 0.1) is 13.8 Å². The van der Waals surface area contributed by atoms with Crippen molar-refractivity contribution in [1.82, 2.24) is 0 Å². The largest absolute Gasteiger partial charge is 0.449 e. The van der Waals surface area contributed by atoms with Crippen LogP contribution in [-0.2, 0) is 4.74 Å². The maximum Gasteiger partial charge on any atom is 0.414 e. The van der Waals surface area contributed by atoms with Gasteiger partial charge in [0.05, 0.1) is 18.3 Å². The van der Waals surface area contributed by atoms with Gasteiger partial charge in [-0.1, -0.05) is 12.1 Å². The Balaban J connectivity index is 2.41. The molecule has 1 aromatic carbocycles. The molecule has 1 aromatic rings. The molecule has 1 saturated heterocycles. The Kier molecular flexibility index (Phi) is 3.33. The molecule has 1 unspecified atom stereocenters. The zero-order chi connectivity index (χ0) is 12.4. The van der Waals surface area contributed by atoms with E-state index in [0.717, 1.165) is 23.2 Å². The lowest BCUT2D eigenvalue weighted by molar-refractivity contribution is 0.130. The molecule has 0 spiro atoms. The molecule has 0 bridgehead atoms. The summed E-state index contributed by atoms with van der Waals surface area (Å²) in [5.74, 6) is 0. The number of rotatable bonds is 2. The maximum absolute atomic E-state index is 11.9. The summed E-state index contributed by atoms with van der Waals surface area (Å²) in [6.45, 7) is 4.97. The highest BCUT2D eigenvalue weighted by Crippen LogP contribution is 2.27. The van der Waals surface area contributed by atoms with Gasteiger partial charge >= 0.3 is 6.09 Å². The van der Waals surface area contributed by atoms with Crippen LogP contribution >= 0.6 is 0 Å². The zero-order valence-corrected chi connectivity index (χ0v) is 10.3. The summed E-state index contributed by atoms with van der Waals surface area (Å²) in [7, 11) is 0. The van der Waals surface area contributed by atoms with Crippen molar-refractivity contribution in [3.05, 3.63) is 29.3 Å². The molecule has 1 fully saturated rings. The predicted octanol–water partition coefficient (Wildman–Crippen LogP) is 1.98. The van der Waals surface area contributed by atoms with E-state index in [2.05, 4.69) is 0 Å². The topological polar surface area (TPSA) is 55.6 Å². The minimum absolute atomic E-state index is 0.0387. The lowest BCUT2D eigenvalue weighted by Crippen LogP contribution is -2.49. The van der Waals surface area contributed by atoms with Crippen LogP contribution in [0.2, 0.25) is 0 Å². The molecule has 1 aliphatic rings. The monoisotopic (exact) mass is 234 g/mol. The van der Waals surface area contributed by atoms with E-state index in [4.69, 9.17) is 10.5 Å². The highest BCUT2D eigenvalue weighted by atomic mass is 16.6. The lowest BCUT2D eigenvalue weighted by atomic mass is 10.0. The smallest absolute Gasteiger partial charge is 0.414 e. The fourth-order valence-corrected chi connectivity index (χ4v) is 2.14. The normalized spacial score (nSPS) is 20.3. The number of ether oxygens (including phenoxy) is 1. The third-order valence-corrected chi connectivity index (χ3v) is 3.35. The molecule has 0 radical (unpaired) electrons. The molecule has 0 saturated carbocycles. The van der Waals surface area contributed by atoms with Crippen molar-refractivity contribution in [2.45, 2.75) is 26.3 Å². The molecule has 2 N–H and O–H groups in total. The fraction of sp³-hybridized carbons (Fsp3) is 0.462. The van der Waals surface area contributed by atoms with Gasteiger partial charge in [-0.15, -0.1) is 0 Å². The first kappa shape index (κ1) is 11.9. The number of benzene rings is 1. The Bertz CT molecular complexity index is 431. The van der Waals surface area contributed by atoms with Crippen LogP contribution in [0.25, 0.3) is 0 Å². The van der Waals surface area contributed by atoms with Crippen molar-refractivity contribution in [2.24, 2.45) is 5.73 Å². The van der Waals surface area contributed by atoms with Crippen molar-refractivity contribution in [1.29, 1.82) is 0 Å². The maximum atomic E-state index is 11.9. The van der Waals surface area contributed by atoms with Crippen molar-refractivity contribution in [3.63, 3.8) is 0 Å². The van der Waals surface area contributed by atoms with Crippen LogP contribution in [0.3, 0.4) is 0 Å². The van der Waals surface area contributed by atoms with Crippen molar-refractivity contribution >= 4 is 11.8 Å². The first-order valence-electron chi connectivity index (χ1n) is 5.87. The Labute approximate surface area is 101 Å². The van der Waals surface area contributed by atoms with Gasteiger partial charge in [-0.05, 0) is 31.0 Å². The second kappa shape index (κ2) is 4.75. The van der Waals surface area contributed by atoms with Gasteiger partial charge in [-0.25, -0.2) is 4.79 Å². The summed E-state index contributed by atoms with van der Waals surface area (Å²) in [6, 6.07) is 5.97. The SMILES string of the molecule is Cc1cccc(N2C(=O)OCCC2CN)c1C. The van der Waals surface area contributed by atoms with E-state index >= 15 is 0 Å². The highest BCUT2D eigenvalue weighted by molar-refractivity contribution is 5.90. The Hall–Kier alpha value is -1.55. The number of carbonyl (C=O) groups excluding carboxylic acids is 1. The van der Waals surface area contributed by atoms with Gasteiger partial charge in [0.2, 0.25) is 0 Å². The number of hydrogen-bond donors (Lipinski definition) is 1. The van der Waals surface area contributed by atoms with E-state index in [9.17, 15) is 4.79 Å². The zero-order valence-electron chi connectivity index (χ0n) is 10.3. The molecule has 4 heteroatoms. The van der Waals surface area contributed by atoms with Crippen LogP contribution in [0.5, 0.6) is 0 Å². The third-order valence-electron chi connectivity index (χ3n) is 3.35. The van der Waals surface area contributed by atoms with Crippen LogP contribution in [-0.4, -0.2) is 25.3 Å². The molecular formula is C13H18N2O2. The van der Waals surface area contributed by atoms with Crippen LogP contribution < -0.4 is 10.6 Å². The van der Waals surface area contributed by atoms with Gasteiger partial charge in [0.15, 0.2) is 0 Å². The average Bonchev–Trinajstić information content (AvgIpc) is 2.33. The van der Waals surface area contributed by atoms with Gasteiger partial charge in [-0.2, -0.15) is 0 Å². The number of aryl methyl sites for hydroxylation is 1. The Morgan fingerprint density at radius 2 is 2.24 bits per heavy atom. The first-order valence-corrected chi connectivity index (χ1v) is 5.87. The van der Waals surface area contributed by atoms with E-state index in [-0.39, 0.29) is 12.1 Å². The van der Waals surface area contributed by atoms with Crippen LogP contribution in [0.15, 0.2) is 18.2 Å². The van der Waals surface area contributed by atoms with E-state index in [1.807, 2.05) is 32.0 Å². The van der Waals surface area contributed by atoms with Crippen LogP contribution in [0.4, 0.5) is 10.5 Å². The van der Waals surface area contributed by atoms with Crippen molar-refractivity contribution < 1.29 is 9.53 Å². The standard InChI is InChI=1S/C13H18N2O2/c1-9-4-3-5-12(10(9)2)15-11(8-14)6-7-17-13(15)16/h3-5,11H,6-8,14H2,1-2H3. The van der Waals surface area contributed by atoms with E-state index in [1.54, 1.807) is 4.90 Å². The summed E-state index contributed by atoms with van der Waals surface area (Å²) in [5.41, 5.74) is 8.90. The number of carbonyl (C=O) groups is 1. The van der Waals surface area contributed by atoms with Crippen molar-refractivity contribution in [3.8, 4) is 0 Å². The molecule has 0 aromatic heterocycles. The minimum Gasteiger partial charge on any atom is -0.449 e. The van der Waals surface area contributed by atoms with Gasteiger partial charge < -0.3 is 10.5 Å². The van der Waals surface area contributed by atoms with Crippen molar-refractivity contribution in [2.75, 3.05) is 18.1 Å². The Morgan fingerprint density at radius 3 is 2.94 bits per heavy atom. The summed E-state index contributed by atoms with van der Waals surface area (Å²) in [4.78, 5) is 13.6. The average molecular weight is 234 g/mol. The minimum atomic E-state index is -0.291. The molecule has 2 rings (SSSR count). The summed E-state index contributed by atoms with van der Waals surface area (Å²) in [5, 5.41) is 0. The quantitative estimate of drug-likeness (QED) is 0.851. The first-order chi connectivity index (χ1) is 8.15. The van der Waals surface area contributed by atoms with Gasteiger partial charge in [0.25, 0.3) is 0 Å². The summed E-state index contributed by atoms with van der Waals surface area (Å²) in [6.07, 6.45) is 0.496. The fourth-order valence-electron chi connectivity index (χ4n) is 2.14. The Morgan fingerprint density at radius 1 is 1.47 bits per heavy atom. The molecule has 4 nitrogen and oxygen atoms in total. The second-order valence-corrected chi connectivity index (χ2v) is 4.38. The molecule has 92 valence electrons. The summed E-state index contributed by atoms with van der Waals surface area (Å²) < 4.78 is 5.10. The van der Waals surface area contributed by atoms with Gasteiger partial charge in [0.1, 0.15) is 0 Å². The molecule has 1 heterocycles. The van der Waals surface area contributed by atoms with Gasteiger partial charge in [0, 0.05) is 13.0 Å². The number of hydrogen-bond acceptors (Lipinski definition) is 3. The third kappa shape index (κ3) is 2.13.